The number of aromatic hydroxyl groups is 1. The first-order chi connectivity index (χ1) is 9.79. The first-order valence-electron chi connectivity index (χ1n) is 7.42. The predicted octanol–water partition coefficient (Wildman–Crippen LogP) is 1.97. The third-order valence-electron chi connectivity index (χ3n) is 4.09. The zero-order chi connectivity index (χ0) is 15.6. The molecular formula is C16H25N3O2. The van der Waals surface area contributed by atoms with Gasteiger partial charge in [-0.1, -0.05) is 6.07 Å². The molecule has 1 fully saturated rings. The SMILES string of the molecule is CC(C)(C)N1CCC(NC(=O)c2cccc(N)c2O)CC1. The number of piperidine rings is 1. The van der Waals surface area contributed by atoms with Crippen LogP contribution < -0.4 is 11.1 Å². The predicted molar refractivity (Wildman–Crippen MR) is 84.3 cm³/mol. The van der Waals surface area contributed by atoms with E-state index in [1.54, 1.807) is 18.2 Å². The molecule has 0 unspecified atom stereocenters. The highest BCUT2D eigenvalue weighted by Gasteiger charge is 2.28. The molecule has 1 heterocycles. The first-order valence-corrected chi connectivity index (χ1v) is 7.42. The second kappa shape index (κ2) is 5.93. The largest absolute Gasteiger partial charge is 0.505 e. The first kappa shape index (κ1) is 15.6. The van der Waals surface area contributed by atoms with Crippen LogP contribution >= 0.6 is 0 Å². The summed E-state index contributed by atoms with van der Waals surface area (Å²) in [5.41, 5.74) is 6.26. The standard InChI is InChI=1S/C16H25N3O2/c1-16(2,3)19-9-7-11(8-10-19)18-15(21)12-5-4-6-13(17)14(12)20/h4-6,11,20H,7-10,17H2,1-3H3,(H,18,21). The number of phenolic OH excluding ortho intramolecular Hbond substituents is 1. The molecule has 0 bridgehead atoms. The Balaban J connectivity index is 1.95. The fourth-order valence-electron chi connectivity index (χ4n) is 2.70. The van der Waals surface area contributed by atoms with Gasteiger partial charge in [-0.25, -0.2) is 0 Å². The number of para-hydroxylation sites is 1. The van der Waals surface area contributed by atoms with Crippen LogP contribution in [0, 0.1) is 0 Å². The average molecular weight is 291 g/mol. The van der Waals surface area contributed by atoms with Gasteiger partial charge >= 0.3 is 0 Å². The van der Waals surface area contributed by atoms with E-state index in [-0.39, 0.29) is 34.5 Å². The quantitative estimate of drug-likeness (QED) is 0.575. The molecule has 4 N–H and O–H groups in total. The Morgan fingerprint density at radius 3 is 2.52 bits per heavy atom. The Bertz CT molecular complexity index is 515. The molecule has 0 spiro atoms. The van der Waals surface area contributed by atoms with Crippen LogP contribution in [0.25, 0.3) is 0 Å². The van der Waals surface area contributed by atoms with E-state index in [2.05, 4.69) is 31.0 Å². The van der Waals surface area contributed by atoms with Crippen LogP contribution in [0.4, 0.5) is 5.69 Å². The number of nitrogens with one attached hydrogen (secondary N) is 1. The Morgan fingerprint density at radius 1 is 1.33 bits per heavy atom. The van der Waals surface area contributed by atoms with Gasteiger partial charge in [0.25, 0.3) is 5.91 Å². The third kappa shape index (κ3) is 3.67. The number of hydrogen-bond acceptors (Lipinski definition) is 4. The number of anilines is 1. The van der Waals surface area contributed by atoms with Crippen LogP contribution in [0.3, 0.4) is 0 Å². The summed E-state index contributed by atoms with van der Waals surface area (Å²) in [7, 11) is 0. The summed E-state index contributed by atoms with van der Waals surface area (Å²) in [4.78, 5) is 14.6. The van der Waals surface area contributed by atoms with Crippen molar-refractivity contribution < 1.29 is 9.90 Å². The molecule has 0 aromatic heterocycles. The molecule has 1 aliphatic heterocycles. The van der Waals surface area contributed by atoms with E-state index < -0.39 is 0 Å². The van der Waals surface area contributed by atoms with E-state index in [1.165, 1.54) is 0 Å². The maximum absolute atomic E-state index is 12.2. The zero-order valence-electron chi connectivity index (χ0n) is 13.0. The fraction of sp³-hybridized carbons (Fsp3) is 0.562. The number of nitrogen functional groups attached to an aromatic ring is 1. The van der Waals surface area contributed by atoms with E-state index in [0.717, 1.165) is 25.9 Å². The molecule has 5 heteroatoms. The monoisotopic (exact) mass is 291 g/mol. The second-order valence-corrected chi connectivity index (χ2v) is 6.65. The van der Waals surface area contributed by atoms with Crippen LogP contribution in [0.5, 0.6) is 5.75 Å². The molecule has 0 aliphatic carbocycles. The minimum Gasteiger partial charge on any atom is -0.505 e. The van der Waals surface area contributed by atoms with Crippen LogP contribution in [-0.4, -0.2) is 40.6 Å². The summed E-state index contributed by atoms with van der Waals surface area (Å²) in [5, 5.41) is 12.8. The molecule has 1 amide bonds. The fourth-order valence-corrected chi connectivity index (χ4v) is 2.70. The second-order valence-electron chi connectivity index (χ2n) is 6.65. The van der Waals surface area contributed by atoms with Crippen molar-refractivity contribution in [3.63, 3.8) is 0 Å². The number of nitrogens with zero attached hydrogens (tertiary/aromatic N) is 1. The number of carbonyl (C=O) groups is 1. The molecule has 2 rings (SSSR count). The highest BCUT2D eigenvalue weighted by molar-refractivity contribution is 5.98. The molecule has 5 nitrogen and oxygen atoms in total. The summed E-state index contributed by atoms with van der Waals surface area (Å²) in [6.45, 7) is 8.55. The number of nitrogens with two attached hydrogens (primary N) is 1. The van der Waals surface area contributed by atoms with Gasteiger partial charge in [-0.15, -0.1) is 0 Å². The van der Waals surface area contributed by atoms with Crippen molar-refractivity contribution in [1.29, 1.82) is 0 Å². The molecule has 0 atom stereocenters. The van der Waals surface area contributed by atoms with Crippen LogP contribution in [0.1, 0.15) is 44.0 Å². The Hall–Kier alpha value is -1.75. The molecule has 1 saturated heterocycles. The van der Waals surface area contributed by atoms with Crippen molar-refractivity contribution in [2.45, 2.75) is 45.2 Å². The van der Waals surface area contributed by atoms with Gasteiger partial charge in [-0.2, -0.15) is 0 Å². The van der Waals surface area contributed by atoms with Gasteiger partial charge in [0, 0.05) is 24.7 Å². The lowest BCUT2D eigenvalue weighted by molar-refractivity contribution is 0.0811. The van der Waals surface area contributed by atoms with Crippen molar-refractivity contribution in [2.24, 2.45) is 0 Å². The average Bonchev–Trinajstić information content (AvgIpc) is 2.41. The normalized spacial score (nSPS) is 17.7. The number of carbonyl (C=O) groups excluding carboxylic acids is 1. The minimum atomic E-state index is -0.256. The molecule has 1 aromatic rings. The number of rotatable bonds is 2. The molecule has 0 radical (unpaired) electrons. The Kier molecular flexibility index (Phi) is 4.42. The maximum Gasteiger partial charge on any atom is 0.255 e. The summed E-state index contributed by atoms with van der Waals surface area (Å²) in [6.07, 6.45) is 1.85. The van der Waals surface area contributed by atoms with Gasteiger partial charge in [0.1, 0.15) is 0 Å². The van der Waals surface area contributed by atoms with Gasteiger partial charge in [0.2, 0.25) is 0 Å². The van der Waals surface area contributed by atoms with Gasteiger partial charge in [0.15, 0.2) is 5.75 Å². The van der Waals surface area contributed by atoms with E-state index in [0.29, 0.717) is 0 Å². The van der Waals surface area contributed by atoms with Crippen molar-refractivity contribution in [3.05, 3.63) is 23.8 Å². The lowest BCUT2D eigenvalue weighted by Crippen LogP contribution is -2.50. The van der Waals surface area contributed by atoms with Gasteiger partial charge in [-0.05, 0) is 45.7 Å². The highest BCUT2D eigenvalue weighted by Crippen LogP contribution is 2.25. The van der Waals surface area contributed by atoms with E-state index in [9.17, 15) is 9.90 Å². The topological polar surface area (TPSA) is 78.6 Å². The highest BCUT2D eigenvalue weighted by atomic mass is 16.3. The molecule has 0 saturated carbocycles. The van der Waals surface area contributed by atoms with E-state index >= 15 is 0 Å². The van der Waals surface area contributed by atoms with Crippen molar-refractivity contribution in [1.82, 2.24) is 10.2 Å². The number of likely N-dealkylation sites (tertiary alicyclic amines) is 1. The Morgan fingerprint density at radius 2 is 1.95 bits per heavy atom. The molecular weight excluding hydrogens is 266 g/mol. The van der Waals surface area contributed by atoms with Gasteiger partial charge < -0.3 is 16.2 Å². The smallest absolute Gasteiger partial charge is 0.255 e. The molecule has 21 heavy (non-hydrogen) atoms. The lowest BCUT2D eigenvalue weighted by Gasteiger charge is -2.41. The zero-order valence-corrected chi connectivity index (χ0v) is 13.0. The number of hydrogen-bond donors (Lipinski definition) is 3. The molecule has 1 aliphatic rings. The molecule has 116 valence electrons. The van der Waals surface area contributed by atoms with Crippen LogP contribution in [0.2, 0.25) is 0 Å². The summed E-state index contributed by atoms with van der Waals surface area (Å²) < 4.78 is 0. The van der Waals surface area contributed by atoms with Crippen molar-refractivity contribution in [3.8, 4) is 5.75 Å². The van der Waals surface area contributed by atoms with Crippen molar-refractivity contribution in [2.75, 3.05) is 18.8 Å². The maximum atomic E-state index is 12.2. The van der Waals surface area contributed by atoms with Crippen molar-refractivity contribution >= 4 is 11.6 Å². The molecule has 1 aromatic carbocycles. The summed E-state index contributed by atoms with van der Waals surface area (Å²) >= 11 is 0. The number of phenols is 1. The summed E-state index contributed by atoms with van der Waals surface area (Å²) in [6, 6.07) is 4.99. The van der Waals surface area contributed by atoms with Crippen LogP contribution in [-0.2, 0) is 0 Å². The van der Waals surface area contributed by atoms with Crippen LogP contribution in [0.15, 0.2) is 18.2 Å². The van der Waals surface area contributed by atoms with Gasteiger partial charge in [-0.3, -0.25) is 9.69 Å². The lowest BCUT2D eigenvalue weighted by atomic mass is 9.98. The Labute approximate surface area is 126 Å². The minimum absolute atomic E-state index is 0.137. The third-order valence-corrected chi connectivity index (χ3v) is 4.09. The summed E-state index contributed by atoms with van der Waals surface area (Å²) in [5.74, 6) is -0.392. The van der Waals surface area contributed by atoms with E-state index in [4.69, 9.17) is 5.73 Å². The van der Waals surface area contributed by atoms with E-state index in [1.807, 2.05) is 0 Å². The number of amides is 1. The number of benzene rings is 1. The van der Waals surface area contributed by atoms with Gasteiger partial charge in [0.05, 0.1) is 11.3 Å².